The molecular weight excluding hydrogens is 976 g/mol. The van der Waals surface area contributed by atoms with Gasteiger partial charge in [-0.15, -0.1) is 0 Å². The van der Waals surface area contributed by atoms with Gasteiger partial charge in [0.25, 0.3) is 0 Å². The minimum absolute atomic E-state index is 0.0969. The Hall–Kier alpha value is -6.55. The van der Waals surface area contributed by atoms with Crippen LogP contribution in [0.2, 0.25) is 0 Å². The number of fused-ring (bicyclic) bond motifs is 3. The second-order valence-corrected chi connectivity index (χ2v) is 19.9. The van der Waals surface area contributed by atoms with Gasteiger partial charge in [-0.25, -0.2) is 0 Å². The third-order valence-corrected chi connectivity index (χ3v) is 14.9. The molecule has 2 aliphatic heterocycles. The Morgan fingerprint density at radius 1 is 0.569 bits per heavy atom. The summed E-state index contributed by atoms with van der Waals surface area (Å²) < 4.78 is 15.1. The van der Waals surface area contributed by atoms with Gasteiger partial charge in [0.15, 0.2) is 0 Å². The molecule has 0 atom stereocenters. The first-order chi connectivity index (χ1) is 31.5. The molecule has 6 heterocycles. The molecular formula is C59H52N4OPt. The normalized spacial score (nSPS) is 12.9. The Kier molecular flexibility index (Phi) is 10.2. The number of benzene rings is 6. The number of nitrogens with zero attached hydrogens (tertiary/aromatic N) is 4. The van der Waals surface area contributed by atoms with Crippen LogP contribution in [0.25, 0.3) is 61.1 Å². The molecule has 4 aliphatic rings. The molecule has 0 spiro atoms. The van der Waals surface area contributed by atoms with Crippen molar-refractivity contribution in [2.24, 2.45) is 0 Å². The average Bonchev–Trinajstić information content (AvgIpc) is 3.83. The summed E-state index contributed by atoms with van der Waals surface area (Å²) in [5.41, 5.74) is 20.2. The van der Waals surface area contributed by atoms with E-state index in [-0.39, 0.29) is 5.41 Å². The van der Waals surface area contributed by atoms with Gasteiger partial charge in [0.2, 0.25) is 0 Å². The van der Waals surface area contributed by atoms with Gasteiger partial charge in [-0.05, 0) is 40.2 Å². The third kappa shape index (κ3) is 7.40. The van der Waals surface area contributed by atoms with Gasteiger partial charge < -0.3 is 0 Å². The van der Waals surface area contributed by atoms with E-state index in [0.717, 1.165) is 74.5 Å². The van der Waals surface area contributed by atoms with Crippen LogP contribution in [-0.2, 0) is 50.5 Å². The number of ether oxygens (including phenoxy) is 1. The zero-order chi connectivity index (χ0) is 44.6. The van der Waals surface area contributed by atoms with Crippen LogP contribution in [0.4, 0.5) is 0 Å². The molecule has 0 saturated heterocycles. The van der Waals surface area contributed by atoms with Gasteiger partial charge >= 0.3 is 261 Å². The molecule has 4 bridgehead atoms. The minimum Gasteiger partial charge on any atom is -0.0579 e. The first-order valence-electron chi connectivity index (χ1n) is 22.8. The molecule has 0 saturated carbocycles. The van der Waals surface area contributed by atoms with Crippen molar-refractivity contribution in [3.63, 3.8) is 0 Å². The van der Waals surface area contributed by atoms with Crippen LogP contribution in [0.15, 0.2) is 158 Å². The fraction of sp³-hybridized carbons (Fsp3) is 0.186. The SMILES string of the molecule is Cc1cc(-n2c3ccc(-c4ccccc4)cc3c3ccc(Oc4cccc(-n5cc6c7ccc(n6[c]5=[Pt])CCc5ccc(c(C)c5C)CC7)c4)cc32)ncc1-c1ccc(C(C)(C)C)cc1. The van der Waals surface area contributed by atoms with Gasteiger partial charge in [-0.3, -0.25) is 0 Å². The minimum atomic E-state index is 0.0969. The van der Waals surface area contributed by atoms with E-state index in [1.165, 1.54) is 72.2 Å². The van der Waals surface area contributed by atoms with Crippen LogP contribution >= 0.6 is 0 Å². The van der Waals surface area contributed by atoms with Crippen molar-refractivity contribution in [1.82, 2.24) is 18.5 Å². The number of aryl methyl sites for hydroxylation is 5. The number of hydrogen-bond donors (Lipinski definition) is 0. The van der Waals surface area contributed by atoms with Crippen molar-refractivity contribution < 1.29 is 24.1 Å². The maximum atomic E-state index is 6.81. The summed E-state index contributed by atoms with van der Waals surface area (Å²) >= 11 is 2.51. The summed E-state index contributed by atoms with van der Waals surface area (Å²) in [6.45, 7) is 13.5. The van der Waals surface area contributed by atoms with Gasteiger partial charge in [-0.1, -0.05) is 81.4 Å². The van der Waals surface area contributed by atoms with Gasteiger partial charge in [-0.2, -0.15) is 0 Å². The van der Waals surface area contributed by atoms with Crippen LogP contribution in [0.3, 0.4) is 0 Å². The standard InChI is InChI=1S/C59H52N4O.Pt/c1-38-31-58(60-35-54(38)44-19-24-47(25-20-44)59(4,5)6)63-55-30-23-46(43-11-8-7-9-12-43)32-53(55)52-29-28-51(34-56(52)63)64-50-14-10-13-49(33-50)61-36-57-45-18-17-41-15-16-42(40(3)39(41)2)21-26-48(27-22-45)62(57)37-61;/h7-16,19-20,22-25,27-36H,17-18,21,26H2,1-6H3;. The predicted molar refractivity (Wildman–Crippen MR) is 264 cm³/mol. The van der Waals surface area contributed by atoms with E-state index in [2.05, 4.69) is 226 Å². The Labute approximate surface area is 392 Å². The zero-order valence-corrected chi connectivity index (χ0v) is 40.1. The number of pyridine rings is 2. The molecule has 65 heavy (non-hydrogen) atoms. The number of aromatic nitrogens is 4. The van der Waals surface area contributed by atoms with E-state index in [1.807, 2.05) is 6.20 Å². The molecule has 0 fully saturated rings. The quantitative estimate of drug-likeness (QED) is 0.166. The van der Waals surface area contributed by atoms with Crippen LogP contribution in [-0.4, -0.2) is 18.5 Å². The van der Waals surface area contributed by atoms with E-state index >= 15 is 0 Å². The van der Waals surface area contributed by atoms with Crippen molar-refractivity contribution >= 4 is 27.3 Å². The van der Waals surface area contributed by atoms with E-state index < -0.39 is 0 Å². The van der Waals surface area contributed by atoms with E-state index in [9.17, 15) is 0 Å². The van der Waals surface area contributed by atoms with Gasteiger partial charge in [0.1, 0.15) is 0 Å². The molecule has 6 heteroatoms. The Bertz CT molecular complexity index is 3550. The molecule has 2 aliphatic carbocycles. The fourth-order valence-electron chi connectivity index (χ4n) is 9.93. The third-order valence-electron chi connectivity index (χ3n) is 13.8. The molecule has 0 unspecified atom stereocenters. The average molecular weight is 1030 g/mol. The first kappa shape index (κ1) is 41.2. The van der Waals surface area contributed by atoms with Crippen LogP contribution in [0.5, 0.6) is 11.5 Å². The molecule has 6 aromatic carbocycles. The summed E-state index contributed by atoms with van der Waals surface area (Å²) in [7, 11) is 0. The fourth-order valence-corrected chi connectivity index (χ4v) is 11.0. The molecule has 4 aromatic heterocycles. The van der Waals surface area contributed by atoms with E-state index in [0.29, 0.717) is 0 Å². The smallest absolute Gasteiger partial charge is 0.0579 e. The maximum absolute atomic E-state index is 6.81. The van der Waals surface area contributed by atoms with Crippen molar-refractivity contribution in [3.05, 3.63) is 206 Å². The van der Waals surface area contributed by atoms with E-state index in [4.69, 9.17) is 9.72 Å². The Balaban J connectivity index is 0.975. The van der Waals surface area contributed by atoms with Crippen LogP contribution in [0.1, 0.15) is 65.4 Å². The second kappa shape index (κ2) is 16.2. The molecule has 0 N–H and O–H groups in total. The van der Waals surface area contributed by atoms with Gasteiger partial charge in [0.05, 0.1) is 0 Å². The van der Waals surface area contributed by atoms with Crippen LogP contribution in [0, 0.1) is 24.6 Å². The molecule has 5 nitrogen and oxygen atoms in total. The Morgan fingerprint density at radius 2 is 1.28 bits per heavy atom. The summed E-state index contributed by atoms with van der Waals surface area (Å²) in [5, 5.41) is 2.32. The van der Waals surface area contributed by atoms with E-state index in [1.54, 1.807) is 0 Å². The molecule has 324 valence electrons. The first-order valence-corrected chi connectivity index (χ1v) is 23.9. The predicted octanol–water partition coefficient (Wildman–Crippen LogP) is 14.5. The molecule has 0 amide bonds. The Morgan fingerprint density at radius 3 is 2.03 bits per heavy atom. The zero-order valence-electron chi connectivity index (χ0n) is 37.9. The van der Waals surface area contributed by atoms with Crippen molar-refractivity contribution in [2.75, 3.05) is 0 Å². The van der Waals surface area contributed by atoms with Crippen LogP contribution < -0.4 is 4.74 Å². The molecule has 14 rings (SSSR count). The summed E-state index contributed by atoms with van der Waals surface area (Å²) in [6.07, 6.45) is 8.36. The summed E-state index contributed by atoms with van der Waals surface area (Å²) in [6, 6.07) is 52.9. The monoisotopic (exact) mass is 1030 g/mol. The molecule has 0 radical (unpaired) electrons. The topological polar surface area (TPSA) is 36.4 Å². The molecule has 10 aromatic rings. The summed E-state index contributed by atoms with van der Waals surface area (Å²) in [4.78, 5) is 5.17. The van der Waals surface area contributed by atoms with Crippen molar-refractivity contribution in [1.29, 1.82) is 0 Å². The van der Waals surface area contributed by atoms with Crippen molar-refractivity contribution in [2.45, 2.75) is 72.6 Å². The summed E-state index contributed by atoms with van der Waals surface area (Å²) in [5.74, 6) is 2.42. The number of imidazole rings is 1. The van der Waals surface area contributed by atoms with Gasteiger partial charge in [0, 0.05) is 11.8 Å². The number of rotatable bonds is 6. The number of hydrogen-bond acceptors (Lipinski definition) is 2. The van der Waals surface area contributed by atoms with Crippen molar-refractivity contribution in [3.8, 4) is 45.3 Å². The second-order valence-electron chi connectivity index (χ2n) is 18.8.